The van der Waals surface area contributed by atoms with E-state index in [-0.39, 0.29) is 12.2 Å². The van der Waals surface area contributed by atoms with Crippen LogP contribution in [0, 0.1) is 6.92 Å². The third-order valence-corrected chi connectivity index (χ3v) is 2.85. The van der Waals surface area contributed by atoms with Crippen molar-refractivity contribution in [3.05, 3.63) is 29.0 Å². The Bertz CT molecular complexity index is 639. The maximum atomic E-state index is 12.0. The van der Waals surface area contributed by atoms with Gasteiger partial charge in [-0.3, -0.25) is 4.79 Å². The number of carbonyl (C=O) groups is 2. The number of aldehydes is 1. The van der Waals surface area contributed by atoms with Gasteiger partial charge < -0.3 is 13.9 Å². The predicted octanol–water partition coefficient (Wildman–Crippen LogP) is 2.74. The quantitative estimate of drug-likeness (QED) is 0.626. The van der Waals surface area contributed by atoms with Gasteiger partial charge in [0.15, 0.2) is 6.29 Å². The average Bonchev–Trinajstić information content (AvgIpc) is 2.73. The Labute approximate surface area is 110 Å². The number of methoxy groups -OCH3 is 1. The molecule has 19 heavy (non-hydrogen) atoms. The molecule has 0 spiro atoms. The first-order chi connectivity index (χ1) is 9.13. The molecule has 0 radical (unpaired) electrons. The molecule has 1 heterocycles. The van der Waals surface area contributed by atoms with E-state index in [1.54, 1.807) is 26.0 Å². The second-order valence-electron chi connectivity index (χ2n) is 3.93. The van der Waals surface area contributed by atoms with Crippen LogP contribution in [0.4, 0.5) is 0 Å². The number of aryl methyl sites for hydroxylation is 1. The minimum atomic E-state index is -0.505. The Morgan fingerprint density at radius 3 is 2.74 bits per heavy atom. The number of fused-ring (bicyclic) bond motifs is 1. The molecule has 1 aromatic heterocycles. The third kappa shape index (κ3) is 2.07. The summed E-state index contributed by atoms with van der Waals surface area (Å²) in [5.74, 6) is 0.314. The molecule has 0 unspecified atom stereocenters. The summed E-state index contributed by atoms with van der Waals surface area (Å²) in [6.45, 7) is 3.63. The molecule has 0 saturated heterocycles. The highest BCUT2D eigenvalue weighted by atomic mass is 16.5. The van der Waals surface area contributed by atoms with Crippen LogP contribution < -0.4 is 4.74 Å². The summed E-state index contributed by atoms with van der Waals surface area (Å²) in [6.07, 6.45) is 0.652. The van der Waals surface area contributed by atoms with Gasteiger partial charge in [0.2, 0.25) is 0 Å². The lowest BCUT2D eigenvalue weighted by atomic mass is 10.0. The summed E-state index contributed by atoms with van der Waals surface area (Å²) < 4.78 is 15.6. The van der Waals surface area contributed by atoms with Crippen LogP contribution in [0.5, 0.6) is 5.75 Å². The molecule has 0 amide bonds. The first kappa shape index (κ1) is 13.1. The number of rotatable bonds is 4. The van der Waals surface area contributed by atoms with Crippen molar-refractivity contribution >= 4 is 23.2 Å². The molecule has 0 saturated carbocycles. The van der Waals surface area contributed by atoms with Crippen molar-refractivity contribution in [1.29, 1.82) is 0 Å². The van der Waals surface area contributed by atoms with Crippen LogP contribution >= 0.6 is 0 Å². The standard InChI is InChI=1S/C14H14O5/c1-4-18-14(16)12-8(2)19-11-6-5-10(17-3)9(7-15)13(11)12/h5-7H,4H2,1-3H3. The Hall–Kier alpha value is -2.30. The smallest absolute Gasteiger partial charge is 0.342 e. The summed E-state index contributed by atoms with van der Waals surface area (Å²) >= 11 is 0. The lowest BCUT2D eigenvalue weighted by Crippen LogP contribution is -2.06. The van der Waals surface area contributed by atoms with E-state index in [0.29, 0.717) is 34.3 Å². The topological polar surface area (TPSA) is 65.7 Å². The van der Waals surface area contributed by atoms with Gasteiger partial charge in [0.1, 0.15) is 22.7 Å². The van der Waals surface area contributed by atoms with Crippen molar-refractivity contribution in [3.8, 4) is 5.75 Å². The van der Waals surface area contributed by atoms with Gasteiger partial charge in [-0.05, 0) is 26.0 Å². The monoisotopic (exact) mass is 262 g/mol. The van der Waals surface area contributed by atoms with E-state index in [1.807, 2.05) is 0 Å². The van der Waals surface area contributed by atoms with Gasteiger partial charge in [-0.2, -0.15) is 0 Å². The molecule has 0 N–H and O–H groups in total. The summed E-state index contributed by atoms with van der Waals surface area (Å²) in [4.78, 5) is 23.2. The van der Waals surface area contributed by atoms with Crippen LogP contribution in [0.25, 0.3) is 11.0 Å². The van der Waals surface area contributed by atoms with Gasteiger partial charge in [-0.25, -0.2) is 4.79 Å². The van der Waals surface area contributed by atoms with Gasteiger partial charge >= 0.3 is 5.97 Å². The molecule has 0 aliphatic heterocycles. The lowest BCUT2D eigenvalue weighted by molar-refractivity contribution is 0.0526. The molecule has 0 fully saturated rings. The lowest BCUT2D eigenvalue weighted by Gasteiger charge is -2.05. The maximum absolute atomic E-state index is 12.0. The van der Waals surface area contributed by atoms with Gasteiger partial charge in [0, 0.05) is 5.39 Å². The molecular formula is C14H14O5. The zero-order valence-electron chi connectivity index (χ0n) is 11.0. The van der Waals surface area contributed by atoms with Crippen LogP contribution in [0.15, 0.2) is 16.5 Å². The van der Waals surface area contributed by atoms with Crippen molar-refractivity contribution in [2.45, 2.75) is 13.8 Å². The van der Waals surface area contributed by atoms with Gasteiger partial charge in [-0.15, -0.1) is 0 Å². The van der Waals surface area contributed by atoms with Crippen LogP contribution in [-0.2, 0) is 4.74 Å². The fourth-order valence-corrected chi connectivity index (χ4v) is 2.06. The second kappa shape index (κ2) is 5.14. The zero-order valence-corrected chi connectivity index (χ0v) is 11.0. The molecule has 5 nitrogen and oxygen atoms in total. The van der Waals surface area contributed by atoms with Crippen molar-refractivity contribution < 1.29 is 23.5 Å². The van der Waals surface area contributed by atoms with Crippen LogP contribution in [-0.4, -0.2) is 26.0 Å². The Morgan fingerprint density at radius 2 is 2.16 bits per heavy atom. The maximum Gasteiger partial charge on any atom is 0.342 e. The molecular weight excluding hydrogens is 248 g/mol. The Kier molecular flexibility index (Phi) is 3.55. The van der Waals surface area contributed by atoms with E-state index in [0.717, 1.165) is 0 Å². The number of carbonyl (C=O) groups excluding carboxylic acids is 2. The number of hydrogen-bond acceptors (Lipinski definition) is 5. The van der Waals surface area contributed by atoms with E-state index < -0.39 is 5.97 Å². The minimum Gasteiger partial charge on any atom is -0.496 e. The van der Waals surface area contributed by atoms with E-state index in [2.05, 4.69) is 0 Å². The van der Waals surface area contributed by atoms with Gasteiger partial charge in [-0.1, -0.05) is 0 Å². The predicted molar refractivity (Wildman–Crippen MR) is 68.8 cm³/mol. The van der Waals surface area contributed by atoms with Crippen molar-refractivity contribution in [2.75, 3.05) is 13.7 Å². The van der Waals surface area contributed by atoms with Crippen LogP contribution in [0.1, 0.15) is 33.4 Å². The molecule has 0 aliphatic rings. The van der Waals surface area contributed by atoms with E-state index in [9.17, 15) is 9.59 Å². The summed E-state index contributed by atoms with van der Waals surface area (Å²) in [7, 11) is 1.46. The molecule has 2 aromatic rings. The van der Waals surface area contributed by atoms with Crippen molar-refractivity contribution in [1.82, 2.24) is 0 Å². The summed E-state index contributed by atoms with van der Waals surface area (Å²) in [5.41, 5.74) is 1.03. The second-order valence-corrected chi connectivity index (χ2v) is 3.93. The van der Waals surface area contributed by atoms with Gasteiger partial charge in [0.05, 0.1) is 19.3 Å². The van der Waals surface area contributed by atoms with E-state index in [1.165, 1.54) is 7.11 Å². The van der Waals surface area contributed by atoms with E-state index in [4.69, 9.17) is 13.9 Å². The fraction of sp³-hybridized carbons (Fsp3) is 0.286. The van der Waals surface area contributed by atoms with Crippen molar-refractivity contribution in [2.24, 2.45) is 0 Å². The highest BCUT2D eigenvalue weighted by Gasteiger charge is 2.23. The number of benzene rings is 1. The summed E-state index contributed by atoms with van der Waals surface area (Å²) in [6, 6.07) is 3.29. The normalized spacial score (nSPS) is 10.5. The third-order valence-electron chi connectivity index (χ3n) is 2.85. The van der Waals surface area contributed by atoms with Crippen LogP contribution in [0.3, 0.4) is 0 Å². The molecule has 1 aromatic carbocycles. The first-order valence-electron chi connectivity index (χ1n) is 5.86. The Balaban J connectivity index is 2.78. The number of esters is 1. The number of hydrogen-bond donors (Lipinski definition) is 0. The summed E-state index contributed by atoms with van der Waals surface area (Å²) in [5, 5.41) is 0.435. The van der Waals surface area contributed by atoms with Crippen LogP contribution in [0.2, 0.25) is 0 Å². The molecule has 100 valence electrons. The van der Waals surface area contributed by atoms with Crippen molar-refractivity contribution in [3.63, 3.8) is 0 Å². The zero-order chi connectivity index (χ0) is 14.0. The average molecular weight is 262 g/mol. The number of furan rings is 1. The Morgan fingerprint density at radius 1 is 1.42 bits per heavy atom. The molecule has 0 bridgehead atoms. The minimum absolute atomic E-state index is 0.255. The molecule has 2 rings (SSSR count). The number of ether oxygens (including phenoxy) is 2. The van der Waals surface area contributed by atoms with E-state index >= 15 is 0 Å². The highest BCUT2D eigenvalue weighted by Crippen LogP contribution is 2.33. The molecule has 0 atom stereocenters. The SMILES string of the molecule is CCOC(=O)c1c(C)oc2ccc(OC)c(C=O)c12. The highest BCUT2D eigenvalue weighted by molar-refractivity contribution is 6.11. The van der Waals surface area contributed by atoms with Gasteiger partial charge in [0.25, 0.3) is 0 Å². The molecule has 5 heteroatoms. The fourth-order valence-electron chi connectivity index (χ4n) is 2.06. The largest absolute Gasteiger partial charge is 0.496 e. The first-order valence-corrected chi connectivity index (χ1v) is 5.86. The molecule has 0 aliphatic carbocycles.